The second-order valence-corrected chi connectivity index (χ2v) is 4.51. The first kappa shape index (κ1) is 9.10. The first-order valence-corrected chi connectivity index (χ1v) is 6.19. The third kappa shape index (κ3) is 2.52. The molecule has 1 unspecified atom stereocenters. The molecule has 2 aromatic rings. The molecule has 7 heteroatoms. The molecule has 0 spiro atoms. The molecule has 0 aliphatic heterocycles. The van der Waals surface area contributed by atoms with E-state index in [1.165, 1.54) is 7.05 Å². The molecule has 0 aliphatic rings. The molecule has 0 bridgehead atoms. The molecule has 1 atom stereocenters. The van der Waals surface area contributed by atoms with Gasteiger partial charge in [0.05, 0.1) is 12.5 Å². The number of hydrogen-bond donors (Lipinski definition) is 0. The van der Waals surface area contributed by atoms with Crippen molar-refractivity contribution < 1.29 is 11.2 Å². The van der Waals surface area contributed by atoms with Crippen LogP contribution < -0.4 is 11.2 Å². The molecule has 0 radical (unpaired) electrons. The molecule has 0 aliphatic carbocycles. The molecule has 0 fully saturated rings. The molecule has 110 valence electrons. The van der Waals surface area contributed by atoms with E-state index in [1.807, 2.05) is 0 Å². The fraction of sp³-hybridized carbons (Fsp3) is 0.615. The molecule has 0 aromatic carbocycles. The first-order valence-electron chi connectivity index (χ1n) is 8.69. The largest absolute Gasteiger partial charge is 0.332 e. The number of rotatable bonds is 5. The van der Waals surface area contributed by atoms with Crippen LogP contribution in [0.1, 0.15) is 33.0 Å². The summed E-state index contributed by atoms with van der Waals surface area (Å²) in [5, 5.41) is 0. The number of nitrogens with zero attached hydrogens (tertiary/aromatic N) is 4. The van der Waals surface area contributed by atoms with E-state index >= 15 is 0 Å². The summed E-state index contributed by atoms with van der Waals surface area (Å²) in [5.41, 5.74) is -1.79. The Hall–Kier alpha value is -1.92. The summed E-state index contributed by atoms with van der Waals surface area (Å²) in [5.74, 6) is 0. The van der Waals surface area contributed by atoms with Gasteiger partial charge in [0, 0.05) is 27.4 Å². The maximum absolute atomic E-state index is 13.2. The fourth-order valence-corrected chi connectivity index (χ4v) is 2.00. The summed E-state index contributed by atoms with van der Waals surface area (Å²) < 4.78 is 53.3. The van der Waals surface area contributed by atoms with Gasteiger partial charge < -0.3 is 4.57 Å². The van der Waals surface area contributed by atoms with Crippen molar-refractivity contribution in [3.8, 4) is 0 Å². The minimum Gasteiger partial charge on any atom is -0.328 e. The van der Waals surface area contributed by atoms with E-state index in [1.54, 1.807) is 0 Å². The first-order chi connectivity index (χ1) is 11.4. The number of fused-ring (bicyclic) bond motifs is 1. The van der Waals surface area contributed by atoms with Crippen molar-refractivity contribution in [2.45, 2.75) is 38.9 Å². The Morgan fingerprint density at radius 2 is 2.25 bits per heavy atom. The molecule has 2 aromatic heterocycles. The molecule has 0 N–H and O–H groups in total. The van der Waals surface area contributed by atoms with E-state index in [4.69, 9.17) is 6.85 Å². The average Bonchev–Trinajstić information content (AvgIpc) is 2.93. The van der Waals surface area contributed by atoms with Gasteiger partial charge in [-0.15, -0.1) is 0 Å². The van der Waals surface area contributed by atoms with Gasteiger partial charge in [-0.25, -0.2) is 14.2 Å². The minimum atomic E-state index is -2.63. The maximum Gasteiger partial charge on any atom is 0.332 e. The lowest BCUT2D eigenvalue weighted by atomic mass is 10.2. The number of aromatic nitrogens is 4. The molecular weight excluding hydrogens is 263 g/mol. The summed E-state index contributed by atoms with van der Waals surface area (Å²) in [6, 6.07) is 0. The highest BCUT2D eigenvalue weighted by molar-refractivity contribution is 5.69. The van der Waals surface area contributed by atoms with Crippen LogP contribution in [0, 0.1) is 0 Å². The number of halogens is 1. The van der Waals surface area contributed by atoms with Crippen LogP contribution in [0.4, 0.5) is 4.39 Å². The lowest BCUT2D eigenvalue weighted by Crippen LogP contribution is -2.39. The summed E-state index contributed by atoms with van der Waals surface area (Å²) in [6.07, 6.45) is -2.92. The van der Waals surface area contributed by atoms with Crippen LogP contribution in [-0.2, 0) is 20.6 Å². The predicted molar refractivity (Wildman–Crippen MR) is 74.6 cm³/mol. The van der Waals surface area contributed by atoms with E-state index < -0.39 is 30.8 Å². The Labute approximate surface area is 122 Å². The quantitative estimate of drug-likeness (QED) is 0.823. The third-order valence-corrected chi connectivity index (χ3v) is 3.02. The normalized spacial score (nSPS) is 18.1. The Morgan fingerprint density at radius 3 is 2.90 bits per heavy atom. The van der Waals surface area contributed by atoms with Gasteiger partial charge in [-0.1, -0.05) is 0 Å². The SMILES string of the molecule is [2H]C([2H])(CCCn1c(=O)c2c(ncn2C([2H])([2H])[2H])n(C)c1=O)C(C)F. The van der Waals surface area contributed by atoms with Crippen molar-refractivity contribution in [3.63, 3.8) is 0 Å². The van der Waals surface area contributed by atoms with Crippen molar-refractivity contribution >= 4 is 11.2 Å². The van der Waals surface area contributed by atoms with E-state index in [-0.39, 0.29) is 30.6 Å². The lowest BCUT2D eigenvalue weighted by molar-refractivity contribution is 0.328. The van der Waals surface area contributed by atoms with Crippen molar-refractivity contribution in [1.82, 2.24) is 18.7 Å². The van der Waals surface area contributed by atoms with Crippen LogP contribution in [-0.4, -0.2) is 24.9 Å². The van der Waals surface area contributed by atoms with Gasteiger partial charge in [-0.3, -0.25) is 13.9 Å². The highest BCUT2D eigenvalue weighted by Crippen LogP contribution is 2.06. The Kier molecular flexibility index (Phi) is 2.55. The number of aryl methyl sites for hydroxylation is 2. The molecule has 2 heterocycles. The van der Waals surface area contributed by atoms with Crippen LogP contribution in [0.15, 0.2) is 15.9 Å². The smallest absolute Gasteiger partial charge is 0.328 e. The Balaban J connectivity index is 2.48. The van der Waals surface area contributed by atoms with E-state index in [2.05, 4.69) is 4.98 Å². The summed E-state index contributed by atoms with van der Waals surface area (Å²) in [4.78, 5) is 28.7. The second-order valence-electron chi connectivity index (χ2n) is 4.51. The van der Waals surface area contributed by atoms with Crippen molar-refractivity contribution in [2.75, 3.05) is 0 Å². The van der Waals surface area contributed by atoms with E-state index in [9.17, 15) is 14.0 Å². The zero-order chi connectivity index (χ0) is 19.2. The van der Waals surface area contributed by atoms with Crippen molar-refractivity contribution in [1.29, 1.82) is 0 Å². The second kappa shape index (κ2) is 5.60. The third-order valence-electron chi connectivity index (χ3n) is 3.02. The van der Waals surface area contributed by atoms with Crippen LogP contribution in [0.2, 0.25) is 0 Å². The van der Waals surface area contributed by atoms with Gasteiger partial charge in [0.15, 0.2) is 11.2 Å². The average molecular weight is 287 g/mol. The summed E-state index contributed by atoms with van der Waals surface area (Å²) >= 11 is 0. The zero-order valence-corrected chi connectivity index (χ0v) is 11.3. The number of hydrogen-bond acceptors (Lipinski definition) is 3. The van der Waals surface area contributed by atoms with E-state index in [0.29, 0.717) is 0 Å². The summed E-state index contributed by atoms with van der Waals surface area (Å²) in [7, 11) is 1.36. The standard InChI is InChI=1S/C13H19FN4O2/c1-9(14)6-4-5-7-18-12(19)10-11(15-8-16(10)2)17(3)13(18)20/h8-9H,4-7H2,1-3H3/i2D3,6D2. The topological polar surface area (TPSA) is 61.8 Å². The highest BCUT2D eigenvalue weighted by Gasteiger charge is 2.14. The highest BCUT2D eigenvalue weighted by atomic mass is 19.1. The van der Waals surface area contributed by atoms with Crippen molar-refractivity contribution in [3.05, 3.63) is 27.2 Å². The minimum absolute atomic E-state index is 0.0455. The van der Waals surface area contributed by atoms with Gasteiger partial charge in [0.2, 0.25) is 0 Å². The molecular formula is C13H19FN4O2. The fourth-order valence-electron chi connectivity index (χ4n) is 2.00. The van der Waals surface area contributed by atoms with Gasteiger partial charge >= 0.3 is 5.69 Å². The van der Waals surface area contributed by atoms with Gasteiger partial charge in [0.1, 0.15) is 0 Å². The predicted octanol–water partition coefficient (Wildman–Crippen LogP) is 0.962. The van der Waals surface area contributed by atoms with Gasteiger partial charge in [0.25, 0.3) is 5.56 Å². The van der Waals surface area contributed by atoms with Crippen LogP contribution in [0.5, 0.6) is 0 Å². The van der Waals surface area contributed by atoms with E-state index in [0.717, 1.165) is 27.0 Å². The molecule has 2 rings (SSSR count). The maximum atomic E-state index is 13.2. The van der Waals surface area contributed by atoms with Gasteiger partial charge in [-0.2, -0.15) is 0 Å². The molecule has 0 saturated heterocycles. The van der Waals surface area contributed by atoms with Gasteiger partial charge in [-0.05, 0) is 26.1 Å². The monoisotopic (exact) mass is 287 g/mol. The number of alkyl halides is 1. The van der Waals surface area contributed by atoms with Crippen LogP contribution in [0.25, 0.3) is 11.2 Å². The van der Waals surface area contributed by atoms with Crippen LogP contribution >= 0.6 is 0 Å². The molecule has 20 heavy (non-hydrogen) atoms. The Morgan fingerprint density at radius 1 is 1.50 bits per heavy atom. The number of imidazole rings is 1. The molecule has 6 nitrogen and oxygen atoms in total. The van der Waals surface area contributed by atoms with Crippen molar-refractivity contribution in [2.24, 2.45) is 14.0 Å². The molecule has 0 saturated carbocycles. The Bertz CT molecular complexity index is 897. The summed E-state index contributed by atoms with van der Waals surface area (Å²) in [6.45, 7) is -1.68. The van der Waals surface area contributed by atoms with Crippen LogP contribution in [0.3, 0.4) is 0 Å². The molecule has 0 amide bonds. The zero-order valence-electron chi connectivity index (χ0n) is 16.3. The lowest BCUT2D eigenvalue weighted by Gasteiger charge is -2.08.